The molecule has 2 heterocycles. The molecule has 0 spiro atoms. The van der Waals surface area contributed by atoms with E-state index in [-0.39, 0.29) is 11.8 Å². The minimum absolute atomic E-state index is 0.0530. The van der Waals surface area contributed by atoms with Crippen LogP contribution in [0.2, 0.25) is 0 Å². The molecule has 2 N–H and O–H groups in total. The highest BCUT2D eigenvalue weighted by molar-refractivity contribution is 5.76. The predicted molar refractivity (Wildman–Crippen MR) is 142 cm³/mol. The Morgan fingerprint density at radius 1 is 1.08 bits per heavy atom. The fourth-order valence-electron chi connectivity index (χ4n) is 5.80. The molecule has 2 fully saturated rings. The second kappa shape index (κ2) is 13.2. The summed E-state index contributed by atoms with van der Waals surface area (Å²) in [4.78, 5) is 15.3. The van der Waals surface area contributed by atoms with Crippen molar-refractivity contribution in [2.24, 2.45) is 11.8 Å². The number of amides is 1. The molecule has 2 aromatic rings. The van der Waals surface area contributed by atoms with Crippen LogP contribution in [0.15, 0.2) is 54.6 Å². The lowest BCUT2D eigenvalue weighted by atomic mass is 9.73. The van der Waals surface area contributed by atoms with Gasteiger partial charge in [-0.1, -0.05) is 36.4 Å². The van der Waals surface area contributed by atoms with Crippen LogP contribution in [0.3, 0.4) is 0 Å². The van der Waals surface area contributed by atoms with Crippen molar-refractivity contribution in [2.45, 2.75) is 57.0 Å². The van der Waals surface area contributed by atoms with Gasteiger partial charge in [0, 0.05) is 44.7 Å². The number of para-hydroxylation sites is 2. The van der Waals surface area contributed by atoms with Gasteiger partial charge in [-0.3, -0.25) is 4.79 Å². The lowest BCUT2D eigenvalue weighted by Gasteiger charge is -2.43. The minimum atomic E-state index is -1.09. The Morgan fingerprint density at radius 2 is 1.89 bits per heavy atom. The fraction of sp³-hybridized carbons (Fsp3) is 0.567. The first-order valence-corrected chi connectivity index (χ1v) is 13.6. The van der Waals surface area contributed by atoms with Gasteiger partial charge >= 0.3 is 0 Å². The van der Waals surface area contributed by atoms with Crippen LogP contribution in [0.25, 0.3) is 0 Å². The van der Waals surface area contributed by atoms with E-state index in [2.05, 4.69) is 5.32 Å². The molecule has 0 saturated carbocycles. The van der Waals surface area contributed by atoms with Crippen molar-refractivity contribution in [1.82, 2.24) is 10.2 Å². The number of ether oxygens (including phenoxy) is 2. The molecule has 0 radical (unpaired) electrons. The van der Waals surface area contributed by atoms with Gasteiger partial charge in [0.1, 0.15) is 11.5 Å². The average molecular weight is 495 g/mol. The summed E-state index contributed by atoms with van der Waals surface area (Å²) in [5.41, 5.74) is -0.285. The quantitative estimate of drug-likeness (QED) is 0.425. The highest BCUT2D eigenvalue weighted by Gasteiger charge is 2.43. The SMILES string of the molecule is COCCCC[C@@](O)(c1ccccc1Oc1ccccc1)[C@@H]1CCCN(C(=O)CC2CCCNC2)C1. The predicted octanol–water partition coefficient (Wildman–Crippen LogP) is 5.11. The van der Waals surface area contributed by atoms with E-state index < -0.39 is 5.60 Å². The lowest BCUT2D eigenvalue weighted by molar-refractivity contribution is -0.138. The van der Waals surface area contributed by atoms with E-state index in [9.17, 15) is 9.90 Å². The van der Waals surface area contributed by atoms with Gasteiger partial charge in [0.15, 0.2) is 0 Å². The molecule has 4 rings (SSSR count). The lowest BCUT2D eigenvalue weighted by Crippen LogP contribution is -2.49. The zero-order valence-corrected chi connectivity index (χ0v) is 21.7. The maximum absolute atomic E-state index is 13.3. The van der Waals surface area contributed by atoms with Crippen molar-refractivity contribution >= 4 is 5.91 Å². The molecule has 1 amide bonds. The molecule has 0 aliphatic carbocycles. The average Bonchev–Trinajstić information content (AvgIpc) is 2.92. The van der Waals surface area contributed by atoms with Crippen LogP contribution in [-0.4, -0.2) is 55.8 Å². The van der Waals surface area contributed by atoms with Gasteiger partial charge in [-0.25, -0.2) is 0 Å². The molecule has 2 aliphatic heterocycles. The topological polar surface area (TPSA) is 71.0 Å². The zero-order chi connectivity index (χ0) is 25.2. The van der Waals surface area contributed by atoms with Crippen molar-refractivity contribution in [3.05, 3.63) is 60.2 Å². The third kappa shape index (κ3) is 6.87. The summed E-state index contributed by atoms with van der Waals surface area (Å²) in [6.07, 6.45) is 6.96. The Kier molecular flexibility index (Phi) is 9.79. The highest BCUT2D eigenvalue weighted by Crippen LogP contribution is 2.44. The monoisotopic (exact) mass is 494 g/mol. The number of hydrogen-bond acceptors (Lipinski definition) is 5. The Balaban J connectivity index is 1.55. The standard InChI is InChI=1S/C30H42N2O4/c1-35-20-8-7-17-30(34,27-15-5-6-16-28(27)36-26-13-3-2-4-14-26)25-12-10-19-32(23-25)29(33)21-24-11-9-18-31-22-24/h2-6,13-16,24-25,31,34H,7-12,17-23H2,1H3/t24?,25-,30+/m1/s1. The molecule has 196 valence electrons. The Hall–Kier alpha value is -2.41. The summed E-state index contributed by atoms with van der Waals surface area (Å²) in [5, 5.41) is 15.8. The van der Waals surface area contributed by atoms with Crippen LogP contribution in [0.1, 0.15) is 56.9 Å². The number of methoxy groups -OCH3 is 1. The molecular formula is C30H42N2O4. The molecule has 3 atom stereocenters. The van der Waals surface area contributed by atoms with Crippen LogP contribution in [0, 0.1) is 11.8 Å². The summed E-state index contributed by atoms with van der Waals surface area (Å²) in [6.45, 7) is 4.01. The van der Waals surface area contributed by atoms with Crippen molar-refractivity contribution in [3.8, 4) is 11.5 Å². The summed E-state index contributed by atoms with van der Waals surface area (Å²) in [5.74, 6) is 2.01. The molecule has 0 bridgehead atoms. The van der Waals surface area contributed by atoms with E-state index >= 15 is 0 Å². The Bertz CT molecular complexity index is 947. The number of benzene rings is 2. The van der Waals surface area contributed by atoms with Crippen LogP contribution >= 0.6 is 0 Å². The van der Waals surface area contributed by atoms with Gasteiger partial charge in [-0.15, -0.1) is 0 Å². The number of rotatable bonds is 11. The Morgan fingerprint density at radius 3 is 2.67 bits per heavy atom. The van der Waals surface area contributed by atoms with Crippen LogP contribution in [0.4, 0.5) is 0 Å². The minimum Gasteiger partial charge on any atom is -0.457 e. The maximum Gasteiger partial charge on any atom is 0.222 e. The molecule has 2 aliphatic rings. The highest BCUT2D eigenvalue weighted by atomic mass is 16.5. The van der Waals surface area contributed by atoms with Gasteiger partial charge in [0.2, 0.25) is 5.91 Å². The van der Waals surface area contributed by atoms with Gasteiger partial charge in [-0.05, 0) is 82.2 Å². The van der Waals surface area contributed by atoms with Crippen LogP contribution in [-0.2, 0) is 15.1 Å². The van der Waals surface area contributed by atoms with Crippen molar-refractivity contribution < 1.29 is 19.4 Å². The fourth-order valence-corrected chi connectivity index (χ4v) is 5.80. The van der Waals surface area contributed by atoms with Crippen molar-refractivity contribution in [2.75, 3.05) is 39.9 Å². The normalized spacial score (nSPS) is 22.1. The van der Waals surface area contributed by atoms with Gasteiger partial charge in [0.25, 0.3) is 0 Å². The molecule has 6 nitrogen and oxygen atoms in total. The molecule has 0 aromatic heterocycles. The molecule has 2 aromatic carbocycles. The first kappa shape index (κ1) is 26.6. The third-order valence-electron chi connectivity index (χ3n) is 7.79. The second-order valence-electron chi connectivity index (χ2n) is 10.4. The van der Waals surface area contributed by atoms with Crippen LogP contribution in [0.5, 0.6) is 11.5 Å². The number of unbranched alkanes of at least 4 members (excludes halogenated alkanes) is 1. The molecule has 1 unspecified atom stereocenters. The van der Waals surface area contributed by atoms with E-state index in [1.165, 1.54) is 0 Å². The van der Waals surface area contributed by atoms with E-state index in [1.54, 1.807) is 7.11 Å². The molecule has 6 heteroatoms. The Labute approximate surface area is 216 Å². The van der Waals surface area contributed by atoms with Gasteiger partial charge < -0.3 is 24.8 Å². The number of hydrogen-bond donors (Lipinski definition) is 2. The third-order valence-corrected chi connectivity index (χ3v) is 7.79. The smallest absolute Gasteiger partial charge is 0.222 e. The van der Waals surface area contributed by atoms with E-state index in [1.807, 2.05) is 59.5 Å². The molecule has 36 heavy (non-hydrogen) atoms. The first-order chi connectivity index (χ1) is 17.6. The number of carbonyl (C=O) groups is 1. The van der Waals surface area contributed by atoms with Gasteiger partial charge in [-0.2, -0.15) is 0 Å². The van der Waals surface area contributed by atoms with Crippen LogP contribution < -0.4 is 10.1 Å². The van der Waals surface area contributed by atoms with Crippen molar-refractivity contribution in [3.63, 3.8) is 0 Å². The number of piperidine rings is 2. The summed E-state index contributed by atoms with van der Waals surface area (Å²) in [6, 6.07) is 17.5. The van der Waals surface area contributed by atoms with Crippen molar-refractivity contribution in [1.29, 1.82) is 0 Å². The van der Waals surface area contributed by atoms with E-state index in [4.69, 9.17) is 9.47 Å². The zero-order valence-electron chi connectivity index (χ0n) is 21.7. The second-order valence-corrected chi connectivity index (χ2v) is 10.4. The number of nitrogens with one attached hydrogen (secondary N) is 1. The summed E-state index contributed by atoms with van der Waals surface area (Å²) < 4.78 is 11.5. The van der Waals surface area contributed by atoms with E-state index in [0.29, 0.717) is 37.7 Å². The molecular weight excluding hydrogens is 452 g/mol. The molecule has 2 saturated heterocycles. The first-order valence-electron chi connectivity index (χ1n) is 13.6. The van der Waals surface area contributed by atoms with Gasteiger partial charge in [0.05, 0.1) is 5.60 Å². The number of likely N-dealkylation sites (tertiary alicyclic amines) is 1. The largest absolute Gasteiger partial charge is 0.457 e. The summed E-state index contributed by atoms with van der Waals surface area (Å²) in [7, 11) is 1.71. The number of carbonyl (C=O) groups excluding carboxylic acids is 1. The maximum atomic E-state index is 13.3. The number of aliphatic hydroxyl groups is 1. The van der Waals surface area contributed by atoms with E-state index in [0.717, 1.165) is 69.5 Å². The summed E-state index contributed by atoms with van der Waals surface area (Å²) >= 11 is 0. The number of nitrogens with zero attached hydrogens (tertiary/aromatic N) is 1.